The van der Waals surface area contributed by atoms with E-state index >= 15 is 0 Å². The van der Waals surface area contributed by atoms with E-state index in [2.05, 4.69) is 32.0 Å². The van der Waals surface area contributed by atoms with E-state index in [9.17, 15) is 22.8 Å². The van der Waals surface area contributed by atoms with Crippen molar-refractivity contribution in [3.63, 3.8) is 0 Å². The first-order chi connectivity index (χ1) is 17.6. The van der Waals surface area contributed by atoms with E-state index in [4.69, 9.17) is 0 Å². The molecule has 192 valence electrons. The van der Waals surface area contributed by atoms with Gasteiger partial charge in [0.15, 0.2) is 10.9 Å². The quantitative estimate of drug-likeness (QED) is 0.400. The van der Waals surface area contributed by atoms with Gasteiger partial charge in [0.05, 0.1) is 23.1 Å². The van der Waals surface area contributed by atoms with Crippen molar-refractivity contribution in [3.8, 4) is 11.8 Å². The molecule has 3 heterocycles. The number of anilines is 1. The summed E-state index contributed by atoms with van der Waals surface area (Å²) in [5, 5.41) is 3.25. The predicted molar refractivity (Wildman–Crippen MR) is 135 cm³/mol. The molecule has 1 aliphatic heterocycles. The van der Waals surface area contributed by atoms with Gasteiger partial charge in [-0.3, -0.25) is 15.1 Å². The Kier molecular flexibility index (Phi) is 7.90. The second kappa shape index (κ2) is 11.1. The lowest BCUT2D eigenvalue weighted by atomic mass is 10.00. The van der Waals surface area contributed by atoms with Gasteiger partial charge in [-0.15, -0.1) is 0 Å². The van der Waals surface area contributed by atoms with Gasteiger partial charge in [-0.2, -0.15) is 13.2 Å². The highest BCUT2D eigenvalue weighted by Crippen LogP contribution is 2.29. The number of hydrogen-bond donors (Lipinski definition) is 1. The van der Waals surface area contributed by atoms with E-state index in [1.165, 1.54) is 11.3 Å². The van der Waals surface area contributed by atoms with Crippen molar-refractivity contribution in [2.75, 3.05) is 38.5 Å². The summed E-state index contributed by atoms with van der Waals surface area (Å²) in [5.41, 5.74) is 0.987. The molecule has 0 radical (unpaired) electrons. The minimum atomic E-state index is -4.50. The molecule has 2 aromatic heterocycles. The Morgan fingerprint density at radius 3 is 2.57 bits per heavy atom. The van der Waals surface area contributed by atoms with Gasteiger partial charge in [0.25, 0.3) is 0 Å². The Bertz CT molecular complexity index is 1370. The average Bonchev–Trinajstić information content (AvgIpc) is 3.30. The van der Waals surface area contributed by atoms with Crippen LogP contribution in [0.5, 0.6) is 0 Å². The average molecular weight is 528 g/mol. The van der Waals surface area contributed by atoms with E-state index in [1.54, 1.807) is 29.3 Å². The minimum absolute atomic E-state index is 0.0452. The fraction of sp³-hybridized carbons (Fsp3) is 0.308. The van der Waals surface area contributed by atoms with Gasteiger partial charge >= 0.3 is 12.2 Å². The van der Waals surface area contributed by atoms with Crippen LogP contribution in [0.2, 0.25) is 0 Å². The van der Waals surface area contributed by atoms with Crippen LogP contribution in [-0.2, 0) is 12.6 Å². The standard InChI is InChI=1S/C26H24F3N5O2S/c1-17-3-4-19(23(35)15-21-14-20(7-8-30-21)26(27,28)29)13-18(17)5-6-22-16-31-24(37-22)32-25(36)34-11-9-33(2)10-12-34/h3-4,7-8,13-14,16H,9-12,15H2,1-2H3,(H,31,32,36). The Labute approximate surface area is 216 Å². The van der Waals surface area contributed by atoms with E-state index in [-0.39, 0.29) is 23.9 Å². The third-order valence-corrected chi connectivity index (χ3v) is 6.70. The molecule has 11 heteroatoms. The molecule has 1 fully saturated rings. The molecule has 0 unspecified atom stereocenters. The maximum Gasteiger partial charge on any atom is 0.416 e. The summed E-state index contributed by atoms with van der Waals surface area (Å²) in [6.07, 6.45) is -2.14. The number of nitrogens with zero attached hydrogens (tertiary/aromatic N) is 4. The van der Waals surface area contributed by atoms with Crippen molar-refractivity contribution in [3.05, 3.63) is 75.6 Å². The molecule has 37 heavy (non-hydrogen) atoms. The number of rotatable bonds is 4. The van der Waals surface area contributed by atoms with Crippen LogP contribution in [-0.4, -0.2) is 64.8 Å². The number of pyridine rings is 1. The maximum atomic E-state index is 13.0. The zero-order valence-electron chi connectivity index (χ0n) is 20.2. The smallest absolute Gasteiger partial charge is 0.322 e. The molecule has 0 saturated carbocycles. The molecule has 1 saturated heterocycles. The summed E-state index contributed by atoms with van der Waals surface area (Å²) in [7, 11) is 2.02. The predicted octanol–water partition coefficient (Wildman–Crippen LogP) is 4.47. The number of piperazine rings is 1. The molecule has 1 N–H and O–H groups in total. The van der Waals surface area contributed by atoms with Crippen LogP contribution >= 0.6 is 11.3 Å². The molecular formula is C26H24F3N5O2S. The number of carbonyl (C=O) groups excluding carboxylic acids is 2. The molecule has 0 spiro atoms. The molecule has 2 amide bonds. The second-order valence-corrected chi connectivity index (χ2v) is 9.69. The van der Waals surface area contributed by atoms with Crippen LogP contribution in [0.3, 0.4) is 0 Å². The lowest BCUT2D eigenvalue weighted by molar-refractivity contribution is -0.137. The number of aromatic nitrogens is 2. The van der Waals surface area contributed by atoms with Crippen molar-refractivity contribution >= 4 is 28.3 Å². The third-order valence-electron chi connectivity index (χ3n) is 5.88. The normalized spacial score (nSPS) is 14.1. The van der Waals surface area contributed by atoms with Crippen molar-refractivity contribution in [1.82, 2.24) is 19.8 Å². The Hall–Kier alpha value is -3.75. The number of benzene rings is 1. The summed E-state index contributed by atoms with van der Waals surface area (Å²) < 4.78 is 38.9. The monoisotopic (exact) mass is 527 g/mol. The number of alkyl halides is 3. The molecule has 0 atom stereocenters. The number of Topliss-reactive ketones (excluding diaryl/α,β-unsaturated/α-hetero) is 1. The van der Waals surface area contributed by atoms with Crippen LogP contribution in [0.25, 0.3) is 0 Å². The summed E-state index contributed by atoms with van der Waals surface area (Å²) >= 11 is 1.25. The van der Waals surface area contributed by atoms with Crippen LogP contribution in [0.4, 0.5) is 23.1 Å². The van der Waals surface area contributed by atoms with Gasteiger partial charge in [-0.1, -0.05) is 29.4 Å². The first-order valence-corrected chi connectivity index (χ1v) is 12.3. The lowest BCUT2D eigenvalue weighted by Gasteiger charge is -2.32. The van der Waals surface area contributed by atoms with Crippen molar-refractivity contribution < 1.29 is 22.8 Å². The zero-order valence-corrected chi connectivity index (χ0v) is 21.0. The van der Waals surface area contributed by atoms with Gasteiger partial charge in [-0.25, -0.2) is 9.78 Å². The zero-order chi connectivity index (χ0) is 26.6. The number of hydrogen-bond acceptors (Lipinski definition) is 6. The molecule has 3 aromatic rings. The molecule has 0 bridgehead atoms. The summed E-state index contributed by atoms with van der Waals surface area (Å²) in [6.45, 7) is 4.79. The highest BCUT2D eigenvalue weighted by Gasteiger charge is 2.30. The molecule has 1 aliphatic rings. The molecule has 1 aromatic carbocycles. The highest BCUT2D eigenvalue weighted by atomic mass is 32.1. The number of urea groups is 1. The van der Waals surface area contributed by atoms with Gasteiger partial charge in [0.2, 0.25) is 0 Å². The SMILES string of the molecule is Cc1ccc(C(=O)Cc2cc(C(F)(F)F)ccn2)cc1C#Cc1cnc(NC(=O)N2CCN(C)CC2)s1. The first kappa shape index (κ1) is 26.3. The fourth-order valence-electron chi connectivity index (χ4n) is 3.65. The molecular weight excluding hydrogens is 503 g/mol. The molecule has 7 nitrogen and oxygen atoms in total. The Morgan fingerprint density at radius 2 is 1.84 bits per heavy atom. The Morgan fingerprint density at radius 1 is 1.08 bits per heavy atom. The van der Waals surface area contributed by atoms with Gasteiger partial charge < -0.3 is 9.80 Å². The van der Waals surface area contributed by atoms with E-state index in [1.807, 2.05) is 14.0 Å². The number of nitrogens with one attached hydrogen (secondary N) is 1. The van der Waals surface area contributed by atoms with Crippen LogP contribution < -0.4 is 5.32 Å². The lowest BCUT2D eigenvalue weighted by Crippen LogP contribution is -2.48. The van der Waals surface area contributed by atoms with Crippen LogP contribution in [0.15, 0.2) is 42.7 Å². The van der Waals surface area contributed by atoms with Gasteiger partial charge in [0.1, 0.15) is 0 Å². The van der Waals surface area contributed by atoms with Crippen molar-refractivity contribution in [2.24, 2.45) is 0 Å². The minimum Gasteiger partial charge on any atom is -0.322 e. The third kappa shape index (κ3) is 6.93. The number of thiazole rings is 1. The second-order valence-electron chi connectivity index (χ2n) is 8.66. The number of ketones is 1. The number of aryl methyl sites for hydroxylation is 1. The highest BCUT2D eigenvalue weighted by molar-refractivity contribution is 7.16. The topological polar surface area (TPSA) is 78.4 Å². The number of likely N-dealkylation sites (N-methyl/N-ethyl adjacent to an activating group) is 1. The van der Waals surface area contributed by atoms with Crippen LogP contribution in [0.1, 0.15) is 37.6 Å². The first-order valence-electron chi connectivity index (χ1n) is 11.5. The molecule has 0 aliphatic carbocycles. The largest absolute Gasteiger partial charge is 0.416 e. The van der Waals surface area contributed by atoms with Crippen molar-refractivity contribution in [2.45, 2.75) is 19.5 Å². The fourth-order valence-corrected chi connectivity index (χ4v) is 4.31. The van der Waals surface area contributed by atoms with Crippen molar-refractivity contribution in [1.29, 1.82) is 0 Å². The summed E-state index contributed by atoms with van der Waals surface area (Å²) in [6, 6.07) is 6.54. The summed E-state index contributed by atoms with van der Waals surface area (Å²) in [4.78, 5) is 37.9. The number of amides is 2. The molecule has 4 rings (SSSR count). The summed E-state index contributed by atoms with van der Waals surface area (Å²) in [5.74, 6) is 5.67. The van der Waals surface area contributed by atoms with Gasteiger partial charge in [-0.05, 0) is 43.7 Å². The maximum absolute atomic E-state index is 13.0. The van der Waals surface area contributed by atoms with Gasteiger partial charge in [0, 0.05) is 49.2 Å². The Balaban J connectivity index is 1.43. The van der Waals surface area contributed by atoms with Crippen LogP contribution in [0, 0.1) is 18.8 Å². The number of carbonyl (C=O) groups is 2. The van der Waals surface area contributed by atoms with E-state index in [0.717, 1.165) is 37.0 Å². The number of halogens is 3. The van der Waals surface area contributed by atoms with E-state index in [0.29, 0.717) is 34.2 Å². The van der Waals surface area contributed by atoms with E-state index < -0.39 is 11.7 Å².